The Morgan fingerprint density at radius 3 is 2.63 bits per heavy atom. The van der Waals surface area contributed by atoms with Gasteiger partial charge in [-0.15, -0.1) is 0 Å². The van der Waals surface area contributed by atoms with Gasteiger partial charge in [0, 0.05) is 5.39 Å². The van der Waals surface area contributed by atoms with E-state index in [1.165, 1.54) is 6.07 Å². The lowest BCUT2D eigenvalue weighted by Crippen LogP contribution is -1.99. The van der Waals surface area contributed by atoms with Crippen LogP contribution in [-0.4, -0.2) is 9.97 Å². The SMILES string of the molecule is Cc1ccc(-c2nc(N)c3ccccc3n2)c(F)c1. The molecule has 94 valence electrons. The van der Waals surface area contributed by atoms with Gasteiger partial charge in [0.05, 0.1) is 11.1 Å². The molecule has 3 nitrogen and oxygen atoms in total. The van der Waals surface area contributed by atoms with E-state index >= 15 is 0 Å². The minimum absolute atomic E-state index is 0.314. The molecule has 3 rings (SSSR count). The van der Waals surface area contributed by atoms with Crippen LogP contribution in [-0.2, 0) is 0 Å². The normalized spacial score (nSPS) is 10.8. The van der Waals surface area contributed by atoms with Gasteiger partial charge in [-0.25, -0.2) is 14.4 Å². The summed E-state index contributed by atoms with van der Waals surface area (Å²) in [6, 6.07) is 12.4. The standard InChI is InChI=1S/C15H12FN3/c1-9-6-7-10(12(16)8-9)15-18-13-5-3-2-4-11(13)14(17)19-15/h2-8H,1H3,(H2,17,18,19). The highest BCUT2D eigenvalue weighted by atomic mass is 19.1. The van der Waals surface area contributed by atoms with E-state index in [0.29, 0.717) is 22.7 Å². The fourth-order valence-corrected chi connectivity index (χ4v) is 2.02. The van der Waals surface area contributed by atoms with Gasteiger partial charge in [-0.05, 0) is 36.8 Å². The molecule has 19 heavy (non-hydrogen) atoms. The highest BCUT2D eigenvalue weighted by Crippen LogP contribution is 2.25. The average Bonchev–Trinajstić information content (AvgIpc) is 2.38. The van der Waals surface area contributed by atoms with Crippen molar-refractivity contribution in [2.75, 3.05) is 5.73 Å². The largest absolute Gasteiger partial charge is 0.383 e. The lowest BCUT2D eigenvalue weighted by Gasteiger charge is -2.06. The molecule has 4 heteroatoms. The average molecular weight is 253 g/mol. The summed E-state index contributed by atoms with van der Waals surface area (Å²) in [5.41, 5.74) is 7.83. The maximum Gasteiger partial charge on any atom is 0.165 e. The van der Waals surface area contributed by atoms with Crippen LogP contribution in [0.5, 0.6) is 0 Å². The second-order valence-electron chi connectivity index (χ2n) is 4.43. The van der Waals surface area contributed by atoms with Crippen LogP contribution in [0.15, 0.2) is 42.5 Å². The number of aryl methyl sites for hydroxylation is 1. The van der Waals surface area contributed by atoms with E-state index in [1.54, 1.807) is 6.07 Å². The number of aromatic nitrogens is 2. The van der Waals surface area contributed by atoms with Crippen LogP contribution in [0.4, 0.5) is 10.2 Å². The Morgan fingerprint density at radius 2 is 1.84 bits per heavy atom. The first-order valence-electron chi connectivity index (χ1n) is 5.94. The molecule has 0 atom stereocenters. The van der Waals surface area contributed by atoms with Gasteiger partial charge in [-0.2, -0.15) is 0 Å². The van der Waals surface area contributed by atoms with Crippen molar-refractivity contribution in [3.05, 3.63) is 53.8 Å². The molecule has 0 aliphatic carbocycles. The third-order valence-electron chi connectivity index (χ3n) is 3.00. The molecule has 1 heterocycles. The molecule has 2 aromatic carbocycles. The molecule has 0 bridgehead atoms. The fraction of sp³-hybridized carbons (Fsp3) is 0.0667. The zero-order valence-electron chi connectivity index (χ0n) is 10.4. The molecule has 0 spiro atoms. The van der Waals surface area contributed by atoms with Gasteiger partial charge in [-0.1, -0.05) is 18.2 Å². The van der Waals surface area contributed by atoms with Crippen molar-refractivity contribution in [3.8, 4) is 11.4 Å². The van der Waals surface area contributed by atoms with Crippen molar-refractivity contribution < 1.29 is 4.39 Å². The summed E-state index contributed by atoms with van der Waals surface area (Å²) in [7, 11) is 0. The first-order valence-corrected chi connectivity index (χ1v) is 5.94. The lowest BCUT2D eigenvalue weighted by molar-refractivity contribution is 0.629. The Bertz CT molecular complexity index is 768. The number of hydrogen-bond acceptors (Lipinski definition) is 3. The van der Waals surface area contributed by atoms with E-state index in [4.69, 9.17) is 5.73 Å². The molecular formula is C15H12FN3. The highest BCUT2D eigenvalue weighted by Gasteiger charge is 2.11. The smallest absolute Gasteiger partial charge is 0.165 e. The monoisotopic (exact) mass is 253 g/mol. The number of nitrogen functional groups attached to an aromatic ring is 1. The minimum atomic E-state index is -0.338. The molecule has 0 unspecified atom stereocenters. The topological polar surface area (TPSA) is 51.8 Å². The Morgan fingerprint density at radius 1 is 1.05 bits per heavy atom. The lowest BCUT2D eigenvalue weighted by atomic mass is 10.1. The number of para-hydroxylation sites is 1. The van der Waals surface area contributed by atoms with Gasteiger partial charge in [0.25, 0.3) is 0 Å². The second-order valence-corrected chi connectivity index (χ2v) is 4.43. The van der Waals surface area contributed by atoms with E-state index in [0.717, 1.165) is 10.9 Å². The molecule has 0 fully saturated rings. The van der Waals surface area contributed by atoms with Crippen LogP contribution in [0.2, 0.25) is 0 Å². The number of nitrogens with zero attached hydrogens (tertiary/aromatic N) is 2. The summed E-state index contributed by atoms with van der Waals surface area (Å²) < 4.78 is 13.9. The van der Waals surface area contributed by atoms with Crippen molar-refractivity contribution in [1.82, 2.24) is 9.97 Å². The van der Waals surface area contributed by atoms with Crippen LogP contribution in [0.25, 0.3) is 22.3 Å². The molecule has 0 aliphatic rings. The Labute approximate surface area is 109 Å². The Hall–Kier alpha value is -2.49. The molecular weight excluding hydrogens is 241 g/mol. The van der Waals surface area contributed by atoms with Crippen molar-refractivity contribution >= 4 is 16.7 Å². The van der Waals surface area contributed by atoms with Crippen LogP contribution >= 0.6 is 0 Å². The highest BCUT2D eigenvalue weighted by molar-refractivity contribution is 5.89. The predicted molar refractivity (Wildman–Crippen MR) is 74.1 cm³/mol. The van der Waals surface area contributed by atoms with Gasteiger partial charge >= 0.3 is 0 Å². The zero-order chi connectivity index (χ0) is 13.4. The molecule has 3 aromatic rings. The van der Waals surface area contributed by atoms with E-state index in [9.17, 15) is 4.39 Å². The van der Waals surface area contributed by atoms with Crippen LogP contribution < -0.4 is 5.73 Å². The van der Waals surface area contributed by atoms with Gasteiger partial charge in [0.2, 0.25) is 0 Å². The number of hydrogen-bond donors (Lipinski definition) is 1. The second kappa shape index (κ2) is 4.31. The van der Waals surface area contributed by atoms with Gasteiger partial charge in [0.1, 0.15) is 11.6 Å². The third kappa shape index (κ3) is 2.01. The minimum Gasteiger partial charge on any atom is -0.383 e. The van der Waals surface area contributed by atoms with E-state index in [1.807, 2.05) is 37.3 Å². The fourth-order valence-electron chi connectivity index (χ4n) is 2.02. The Kier molecular flexibility index (Phi) is 2.63. The van der Waals surface area contributed by atoms with Crippen molar-refractivity contribution in [2.45, 2.75) is 6.92 Å². The molecule has 0 amide bonds. The molecule has 0 aliphatic heterocycles. The Balaban J connectivity index is 2.25. The number of benzene rings is 2. The van der Waals surface area contributed by atoms with Crippen molar-refractivity contribution in [3.63, 3.8) is 0 Å². The summed E-state index contributed by atoms with van der Waals surface area (Å²) in [5, 5.41) is 0.777. The van der Waals surface area contributed by atoms with Crippen LogP contribution in [0.3, 0.4) is 0 Å². The summed E-state index contributed by atoms with van der Waals surface area (Å²) in [4.78, 5) is 8.55. The maximum atomic E-state index is 13.9. The van der Waals surface area contributed by atoms with Gasteiger partial charge in [0.15, 0.2) is 5.82 Å². The summed E-state index contributed by atoms with van der Waals surface area (Å²) >= 11 is 0. The van der Waals surface area contributed by atoms with E-state index in [-0.39, 0.29) is 5.82 Å². The number of rotatable bonds is 1. The van der Waals surface area contributed by atoms with Gasteiger partial charge < -0.3 is 5.73 Å². The summed E-state index contributed by atoms with van der Waals surface area (Å²) in [6.07, 6.45) is 0. The first-order chi connectivity index (χ1) is 9.15. The van der Waals surface area contributed by atoms with Crippen molar-refractivity contribution in [1.29, 1.82) is 0 Å². The molecule has 1 aromatic heterocycles. The first kappa shape index (κ1) is 11.6. The van der Waals surface area contributed by atoms with E-state index < -0.39 is 0 Å². The van der Waals surface area contributed by atoms with Crippen molar-refractivity contribution in [2.24, 2.45) is 0 Å². The quantitative estimate of drug-likeness (QED) is 0.723. The van der Waals surface area contributed by atoms with Crippen LogP contribution in [0, 0.1) is 12.7 Å². The number of anilines is 1. The summed E-state index contributed by atoms with van der Waals surface area (Å²) in [6.45, 7) is 1.84. The van der Waals surface area contributed by atoms with Gasteiger partial charge in [-0.3, -0.25) is 0 Å². The maximum absolute atomic E-state index is 13.9. The molecule has 2 N–H and O–H groups in total. The number of nitrogens with two attached hydrogens (primary N) is 1. The predicted octanol–water partition coefficient (Wildman–Crippen LogP) is 3.33. The number of fused-ring (bicyclic) bond motifs is 1. The molecule has 0 saturated heterocycles. The zero-order valence-corrected chi connectivity index (χ0v) is 10.4. The number of halogens is 1. The molecule has 0 saturated carbocycles. The molecule has 0 radical (unpaired) electrons. The van der Waals surface area contributed by atoms with Crippen LogP contribution in [0.1, 0.15) is 5.56 Å². The van der Waals surface area contributed by atoms with E-state index in [2.05, 4.69) is 9.97 Å². The third-order valence-corrected chi connectivity index (χ3v) is 3.00. The summed E-state index contributed by atoms with van der Waals surface area (Å²) in [5.74, 6) is 0.337.